The smallest absolute Gasteiger partial charge is 0.317 e. The second-order valence-corrected chi connectivity index (χ2v) is 4.65. The van der Waals surface area contributed by atoms with Gasteiger partial charge in [-0.15, -0.1) is 0 Å². The number of carboxylic acids is 1. The molecule has 0 aliphatic carbocycles. The highest BCUT2D eigenvalue weighted by atomic mass is 16.5. The summed E-state index contributed by atoms with van der Waals surface area (Å²) >= 11 is 0. The van der Waals surface area contributed by atoms with Crippen LogP contribution >= 0.6 is 0 Å². The number of rotatable bonds is 5. The molecule has 0 radical (unpaired) electrons. The number of carboxylic acid groups (broad SMARTS) is 1. The standard InChI is InChI=1S/C14H19NO3/c16-14(17)11-15-8-9-18-13(10-15)7-6-12-4-2-1-3-5-12/h1-5,13H,6-11H2,(H,16,17). The summed E-state index contributed by atoms with van der Waals surface area (Å²) in [6.07, 6.45) is 2.07. The van der Waals surface area contributed by atoms with Gasteiger partial charge in [0, 0.05) is 13.1 Å². The maximum Gasteiger partial charge on any atom is 0.317 e. The third-order valence-electron chi connectivity index (χ3n) is 3.18. The van der Waals surface area contributed by atoms with Crippen molar-refractivity contribution in [1.29, 1.82) is 0 Å². The van der Waals surface area contributed by atoms with Gasteiger partial charge in [-0.05, 0) is 18.4 Å². The predicted molar refractivity (Wildman–Crippen MR) is 68.6 cm³/mol. The molecule has 1 unspecified atom stereocenters. The summed E-state index contributed by atoms with van der Waals surface area (Å²) in [5.74, 6) is -0.765. The first-order chi connectivity index (χ1) is 8.74. The van der Waals surface area contributed by atoms with Crippen molar-refractivity contribution in [2.24, 2.45) is 0 Å². The van der Waals surface area contributed by atoms with Crippen molar-refractivity contribution in [3.8, 4) is 0 Å². The van der Waals surface area contributed by atoms with E-state index >= 15 is 0 Å². The number of ether oxygens (including phenoxy) is 1. The van der Waals surface area contributed by atoms with Crippen LogP contribution in [-0.4, -0.2) is 48.3 Å². The van der Waals surface area contributed by atoms with E-state index in [-0.39, 0.29) is 12.6 Å². The summed E-state index contributed by atoms with van der Waals surface area (Å²) in [5, 5.41) is 8.78. The number of benzene rings is 1. The first kappa shape index (κ1) is 13.1. The minimum Gasteiger partial charge on any atom is -0.480 e. The van der Waals surface area contributed by atoms with Crippen molar-refractivity contribution < 1.29 is 14.6 Å². The lowest BCUT2D eigenvalue weighted by Crippen LogP contribution is -2.44. The zero-order chi connectivity index (χ0) is 12.8. The fourth-order valence-electron chi connectivity index (χ4n) is 2.26. The van der Waals surface area contributed by atoms with Crippen molar-refractivity contribution in [3.63, 3.8) is 0 Å². The number of hydrogen-bond donors (Lipinski definition) is 1. The highest BCUT2D eigenvalue weighted by molar-refractivity contribution is 5.69. The Bertz CT molecular complexity index is 380. The SMILES string of the molecule is O=C(O)CN1CCOC(CCc2ccccc2)C1. The van der Waals surface area contributed by atoms with Gasteiger partial charge in [0.25, 0.3) is 0 Å². The highest BCUT2D eigenvalue weighted by Crippen LogP contribution is 2.12. The van der Waals surface area contributed by atoms with Crippen LogP contribution in [0.5, 0.6) is 0 Å². The van der Waals surface area contributed by atoms with Gasteiger partial charge in [-0.2, -0.15) is 0 Å². The van der Waals surface area contributed by atoms with Gasteiger partial charge in [-0.25, -0.2) is 0 Å². The molecule has 18 heavy (non-hydrogen) atoms. The van der Waals surface area contributed by atoms with Gasteiger partial charge in [0.1, 0.15) is 0 Å². The van der Waals surface area contributed by atoms with Gasteiger partial charge < -0.3 is 9.84 Å². The minimum atomic E-state index is -0.765. The Kier molecular flexibility index (Phi) is 4.73. The third-order valence-corrected chi connectivity index (χ3v) is 3.18. The zero-order valence-electron chi connectivity index (χ0n) is 10.4. The largest absolute Gasteiger partial charge is 0.480 e. The van der Waals surface area contributed by atoms with Crippen LogP contribution in [0.3, 0.4) is 0 Å². The summed E-state index contributed by atoms with van der Waals surface area (Å²) in [6, 6.07) is 10.3. The number of morpholine rings is 1. The van der Waals surface area contributed by atoms with E-state index in [0.29, 0.717) is 13.2 Å². The summed E-state index contributed by atoms with van der Waals surface area (Å²) in [7, 11) is 0. The molecule has 2 rings (SSSR count). The normalized spacial score (nSPS) is 20.8. The number of aryl methyl sites for hydroxylation is 1. The molecule has 1 aliphatic heterocycles. The Morgan fingerprint density at radius 2 is 2.17 bits per heavy atom. The van der Waals surface area contributed by atoms with Gasteiger partial charge in [0.05, 0.1) is 19.3 Å². The van der Waals surface area contributed by atoms with Gasteiger partial charge in [0.2, 0.25) is 0 Å². The van der Waals surface area contributed by atoms with E-state index in [9.17, 15) is 4.79 Å². The Morgan fingerprint density at radius 3 is 2.89 bits per heavy atom. The highest BCUT2D eigenvalue weighted by Gasteiger charge is 2.21. The van der Waals surface area contributed by atoms with Crippen LogP contribution in [0.2, 0.25) is 0 Å². The maximum absolute atomic E-state index is 10.7. The molecule has 1 aromatic carbocycles. The van der Waals surface area contributed by atoms with Crippen LogP contribution in [0, 0.1) is 0 Å². The first-order valence-electron chi connectivity index (χ1n) is 6.34. The second-order valence-electron chi connectivity index (χ2n) is 4.65. The molecule has 0 saturated carbocycles. The van der Waals surface area contributed by atoms with E-state index in [1.54, 1.807) is 0 Å². The molecular weight excluding hydrogens is 230 g/mol. The zero-order valence-corrected chi connectivity index (χ0v) is 10.4. The molecule has 0 spiro atoms. The van der Waals surface area contributed by atoms with Crippen LogP contribution in [0.15, 0.2) is 30.3 Å². The predicted octanol–water partition coefficient (Wildman–Crippen LogP) is 1.40. The van der Waals surface area contributed by atoms with Crippen molar-refractivity contribution in [3.05, 3.63) is 35.9 Å². The van der Waals surface area contributed by atoms with E-state index in [1.165, 1.54) is 5.56 Å². The van der Waals surface area contributed by atoms with Crippen LogP contribution in [0.1, 0.15) is 12.0 Å². The lowest BCUT2D eigenvalue weighted by Gasteiger charge is -2.31. The van der Waals surface area contributed by atoms with E-state index in [2.05, 4.69) is 12.1 Å². The third kappa shape index (κ3) is 4.13. The molecule has 1 aliphatic rings. The Labute approximate surface area is 107 Å². The Morgan fingerprint density at radius 1 is 1.39 bits per heavy atom. The molecule has 98 valence electrons. The van der Waals surface area contributed by atoms with Crippen molar-refractivity contribution in [2.75, 3.05) is 26.2 Å². The van der Waals surface area contributed by atoms with Crippen molar-refractivity contribution in [2.45, 2.75) is 18.9 Å². The van der Waals surface area contributed by atoms with Gasteiger partial charge in [-0.1, -0.05) is 30.3 Å². The lowest BCUT2D eigenvalue weighted by molar-refractivity contribution is -0.140. The monoisotopic (exact) mass is 249 g/mol. The van der Waals surface area contributed by atoms with Gasteiger partial charge >= 0.3 is 5.97 Å². The van der Waals surface area contributed by atoms with Crippen molar-refractivity contribution in [1.82, 2.24) is 4.90 Å². The van der Waals surface area contributed by atoms with E-state index in [4.69, 9.17) is 9.84 Å². The topological polar surface area (TPSA) is 49.8 Å². The lowest BCUT2D eigenvalue weighted by atomic mass is 10.1. The molecule has 1 saturated heterocycles. The molecule has 0 bridgehead atoms. The Balaban J connectivity index is 1.77. The molecule has 0 amide bonds. The molecule has 4 heteroatoms. The van der Waals surface area contributed by atoms with E-state index < -0.39 is 5.97 Å². The first-order valence-corrected chi connectivity index (χ1v) is 6.34. The molecule has 4 nitrogen and oxygen atoms in total. The van der Waals surface area contributed by atoms with Gasteiger partial charge in [0.15, 0.2) is 0 Å². The molecule has 1 atom stereocenters. The number of aliphatic carboxylic acids is 1. The fraction of sp³-hybridized carbons (Fsp3) is 0.500. The summed E-state index contributed by atoms with van der Waals surface area (Å²) in [5.41, 5.74) is 1.30. The average molecular weight is 249 g/mol. The summed E-state index contributed by atoms with van der Waals surface area (Å²) in [6.45, 7) is 2.19. The fourth-order valence-corrected chi connectivity index (χ4v) is 2.26. The van der Waals surface area contributed by atoms with Crippen LogP contribution in [0.25, 0.3) is 0 Å². The van der Waals surface area contributed by atoms with Crippen molar-refractivity contribution >= 4 is 5.97 Å². The summed E-state index contributed by atoms with van der Waals surface area (Å²) in [4.78, 5) is 12.6. The number of nitrogens with zero attached hydrogens (tertiary/aromatic N) is 1. The van der Waals surface area contributed by atoms with E-state index in [0.717, 1.165) is 19.4 Å². The quantitative estimate of drug-likeness (QED) is 0.857. The average Bonchev–Trinajstić information content (AvgIpc) is 2.37. The molecule has 1 fully saturated rings. The second kappa shape index (κ2) is 6.52. The number of hydrogen-bond acceptors (Lipinski definition) is 3. The molecule has 0 aromatic heterocycles. The molecule has 1 heterocycles. The van der Waals surface area contributed by atoms with Crippen LogP contribution in [0.4, 0.5) is 0 Å². The van der Waals surface area contributed by atoms with E-state index in [1.807, 2.05) is 23.1 Å². The Hall–Kier alpha value is -1.39. The molecular formula is C14H19NO3. The number of carbonyl (C=O) groups is 1. The summed E-state index contributed by atoms with van der Waals surface area (Å²) < 4.78 is 5.68. The molecule has 1 aromatic rings. The minimum absolute atomic E-state index is 0.116. The van der Waals surface area contributed by atoms with Crippen LogP contribution < -0.4 is 0 Å². The van der Waals surface area contributed by atoms with Gasteiger partial charge in [-0.3, -0.25) is 9.69 Å². The molecule has 1 N–H and O–H groups in total. The van der Waals surface area contributed by atoms with Crippen LogP contribution in [-0.2, 0) is 16.0 Å². The maximum atomic E-state index is 10.7.